The van der Waals surface area contributed by atoms with Crippen LogP contribution in [-0.2, 0) is 6.54 Å². The van der Waals surface area contributed by atoms with Crippen LogP contribution in [0.2, 0.25) is 0 Å². The highest BCUT2D eigenvalue weighted by atomic mass is 15.0. The van der Waals surface area contributed by atoms with Crippen LogP contribution in [0.15, 0.2) is 24.3 Å². The molecule has 0 atom stereocenters. The van der Waals surface area contributed by atoms with Crippen molar-refractivity contribution in [3.8, 4) is 0 Å². The normalized spacial score (nSPS) is 15.9. The smallest absolute Gasteiger partial charge is 0.0210 e. The van der Waals surface area contributed by atoms with Gasteiger partial charge in [-0.3, -0.25) is 0 Å². The van der Waals surface area contributed by atoms with E-state index >= 15 is 0 Å². The fourth-order valence-electron chi connectivity index (χ4n) is 2.79. The lowest BCUT2D eigenvalue weighted by Crippen LogP contribution is -2.43. The summed E-state index contributed by atoms with van der Waals surface area (Å²) in [6.45, 7) is 7.89. The minimum atomic E-state index is 0.329. The SMILES string of the molecule is CCC(CC)(CC)NCc1cccc(C2CC2)c1. The molecule has 0 unspecified atom stereocenters. The number of benzene rings is 1. The zero-order chi connectivity index (χ0) is 13.0. The van der Waals surface area contributed by atoms with E-state index < -0.39 is 0 Å². The fourth-order valence-corrected chi connectivity index (χ4v) is 2.79. The van der Waals surface area contributed by atoms with E-state index in [1.54, 1.807) is 5.56 Å². The largest absolute Gasteiger partial charge is 0.307 e. The van der Waals surface area contributed by atoms with E-state index in [0.29, 0.717) is 5.54 Å². The molecule has 0 radical (unpaired) electrons. The topological polar surface area (TPSA) is 12.0 Å². The summed E-state index contributed by atoms with van der Waals surface area (Å²) in [6.07, 6.45) is 6.41. The molecule has 1 aliphatic rings. The van der Waals surface area contributed by atoms with Crippen LogP contribution >= 0.6 is 0 Å². The summed E-state index contributed by atoms with van der Waals surface area (Å²) in [4.78, 5) is 0. The summed E-state index contributed by atoms with van der Waals surface area (Å²) in [7, 11) is 0. The molecule has 2 rings (SSSR count). The monoisotopic (exact) mass is 245 g/mol. The molecule has 0 spiro atoms. The van der Waals surface area contributed by atoms with Gasteiger partial charge in [-0.25, -0.2) is 0 Å². The highest BCUT2D eigenvalue weighted by Gasteiger charge is 2.24. The van der Waals surface area contributed by atoms with Gasteiger partial charge in [0.15, 0.2) is 0 Å². The van der Waals surface area contributed by atoms with E-state index in [1.807, 2.05) is 0 Å². The number of rotatable bonds is 7. The Hall–Kier alpha value is -0.820. The maximum Gasteiger partial charge on any atom is 0.0210 e. The van der Waals surface area contributed by atoms with Crippen LogP contribution in [0.3, 0.4) is 0 Å². The first kappa shape index (κ1) is 13.6. The molecule has 1 aliphatic carbocycles. The first-order valence-corrected chi connectivity index (χ1v) is 7.57. The number of hydrogen-bond acceptors (Lipinski definition) is 1. The van der Waals surface area contributed by atoms with Gasteiger partial charge >= 0.3 is 0 Å². The Morgan fingerprint density at radius 3 is 2.33 bits per heavy atom. The van der Waals surface area contributed by atoms with Gasteiger partial charge in [-0.05, 0) is 49.1 Å². The lowest BCUT2D eigenvalue weighted by molar-refractivity contribution is 0.288. The van der Waals surface area contributed by atoms with Crippen LogP contribution < -0.4 is 5.32 Å². The molecule has 18 heavy (non-hydrogen) atoms. The van der Waals surface area contributed by atoms with Gasteiger partial charge in [-0.15, -0.1) is 0 Å². The average Bonchev–Trinajstić information content (AvgIpc) is 3.26. The standard InChI is InChI=1S/C17H27N/c1-4-17(5-2,6-3)18-13-14-8-7-9-16(12-14)15-10-11-15/h7-9,12,15,18H,4-6,10-11,13H2,1-3H3. The van der Waals surface area contributed by atoms with E-state index in [9.17, 15) is 0 Å². The molecule has 0 heterocycles. The van der Waals surface area contributed by atoms with Crippen LogP contribution in [0.4, 0.5) is 0 Å². The second-order valence-electron chi connectivity index (χ2n) is 5.71. The highest BCUT2D eigenvalue weighted by molar-refractivity contribution is 5.29. The van der Waals surface area contributed by atoms with Gasteiger partial charge in [-0.1, -0.05) is 45.0 Å². The third-order valence-corrected chi connectivity index (χ3v) is 4.70. The molecule has 1 heteroatoms. The first-order valence-electron chi connectivity index (χ1n) is 7.57. The molecule has 0 aliphatic heterocycles. The van der Waals surface area contributed by atoms with Crippen molar-refractivity contribution in [2.24, 2.45) is 0 Å². The van der Waals surface area contributed by atoms with Gasteiger partial charge in [0, 0.05) is 12.1 Å². The average molecular weight is 245 g/mol. The Balaban J connectivity index is 1.98. The predicted molar refractivity (Wildman–Crippen MR) is 78.9 cm³/mol. The maximum atomic E-state index is 3.79. The summed E-state index contributed by atoms with van der Waals surface area (Å²) in [6, 6.07) is 9.16. The third kappa shape index (κ3) is 3.14. The summed E-state index contributed by atoms with van der Waals surface area (Å²) in [5.41, 5.74) is 3.32. The molecule has 1 N–H and O–H groups in total. The van der Waals surface area contributed by atoms with E-state index in [-0.39, 0.29) is 0 Å². The molecule has 1 saturated carbocycles. The van der Waals surface area contributed by atoms with Crippen LogP contribution in [0.25, 0.3) is 0 Å². The third-order valence-electron chi connectivity index (χ3n) is 4.70. The van der Waals surface area contributed by atoms with Gasteiger partial charge in [0.2, 0.25) is 0 Å². The van der Waals surface area contributed by atoms with Crippen molar-refractivity contribution < 1.29 is 0 Å². The molecule has 1 aromatic carbocycles. The molecular formula is C17H27N. The molecule has 0 saturated heterocycles. The molecule has 0 amide bonds. The van der Waals surface area contributed by atoms with Crippen LogP contribution in [-0.4, -0.2) is 5.54 Å². The van der Waals surface area contributed by atoms with E-state index in [2.05, 4.69) is 50.4 Å². The van der Waals surface area contributed by atoms with Gasteiger partial charge in [0.05, 0.1) is 0 Å². The van der Waals surface area contributed by atoms with Crippen molar-refractivity contribution in [2.45, 2.75) is 70.9 Å². The van der Waals surface area contributed by atoms with Crippen molar-refractivity contribution >= 4 is 0 Å². The molecule has 1 aromatic rings. The van der Waals surface area contributed by atoms with Gasteiger partial charge in [0.25, 0.3) is 0 Å². The Labute approximate surface area is 112 Å². The van der Waals surface area contributed by atoms with Crippen molar-refractivity contribution in [2.75, 3.05) is 0 Å². The van der Waals surface area contributed by atoms with Gasteiger partial charge in [-0.2, -0.15) is 0 Å². The molecular weight excluding hydrogens is 218 g/mol. The zero-order valence-corrected chi connectivity index (χ0v) is 12.1. The summed E-state index contributed by atoms with van der Waals surface area (Å²) in [5, 5.41) is 3.79. The minimum Gasteiger partial charge on any atom is -0.307 e. The number of hydrogen-bond donors (Lipinski definition) is 1. The zero-order valence-electron chi connectivity index (χ0n) is 12.1. The highest BCUT2D eigenvalue weighted by Crippen LogP contribution is 2.40. The summed E-state index contributed by atoms with van der Waals surface area (Å²) >= 11 is 0. The van der Waals surface area contributed by atoms with Crippen molar-refractivity contribution in [3.63, 3.8) is 0 Å². The Kier molecular flexibility index (Phi) is 4.45. The van der Waals surface area contributed by atoms with Crippen LogP contribution in [0, 0.1) is 0 Å². The van der Waals surface area contributed by atoms with Crippen LogP contribution in [0.1, 0.15) is 69.9 Å². The number of nitrogens with one attached hydrogen (secondary N) is 1. The van der Waals surface area contributed by atoms with E-state index in [1.165, 1.54) is 37.7 Å². The lowest BCUT2D eigenvalue weighted by Gasteiger charge is -2.32. The Morgan fingerprint density at radius 2 is 1.78 bits per heavy atom. The second kappa shape index (κ2) is 5.88. The summed E-state index contributed by atoms with van der Waals surface area (Å²) in [5.74, 6) is 0.859. The molecule has 100 valence electrons. The Bertz CT molecular complexity index is 367. The van der Waals surface area contributed by atoms with Gasteiger partial charge in [0.1, 0.15) is 0 Å². The Morgan fingerprint density at radius 1 is 1.11 bits per heavy atom. The molecule has 0 bridgehead atoms. The predicted octanol–water partition coefficient (Wildman–Crippen LogP) is 4.62. The molecule has 1 nitrogen and oxygen atoms in total. The van der Waals surface area contributed by atoms with E-state index in [0.717, 1.165) is 12.5 Å². The second-order valence-corrected chi connectivity index (χ2v) is 5.71. The molecule has 1 fully saturated rings. The summed E-state index contributed by atoms with van der Waals surface area (Å²) < 4.78 is 0. The molecule has 0 aromatic heterocycles. The van der Waals surface area contributed by atoms with Gasteiger partial charge < -0.3 is 5.32 Å². The first-order chi connectivity index (χ1) is 8.73. The lowest BCUT2D eigenvalue weighted by atomic mass is 9.89. The quantitative estimate of drug-likeness (QED) is 0.739. The minimum absolute atomic E-state index is 0.329. The van der Waals surface area contributed by atoms with Crippen LogP contribution in [0.5, 0.6) is 0 Å². The van der Waals surface area contributed by atoms with Crippen molar-refractivity contribution in [1.82, 2.24) is 5.32 Å². The van der Waals surface area contributed by atoms with Crippen molar-refractivity contribution in [1.29, 1.82) is 0 Å². The maximum absolute atomic E-state index is 3.79. The van der Waals surface area contributed by atoms with E-state index in [4.69, 9.17) is 0 Å². The van der Waals surface area contributed by atoms with Crippen molar-refractivity contribution in [3.05, 3.63) is 35.4 Å². The fraction of sp³-hybridized carbons (Fsp3) is 0.647.